The van der Waals surface area contributed by atoms with Crippen molar-refractivity contribution < 1.29 is 64.6 Å². The quantitative estimate of drug-likeness (QED) is 0.165. The number of carbonyl (C=O) groups excluding carboxylic acids is 1. The number of hydrogen-bond donors (Lipinski definition) is 4. The van der Waals surface area contributed by atoms with Gasteiger partial charge in [0.05, 0.1) is 11.7 Å². The second-order valence-corrected chi connectivity index (χ2v) is 2.53. The van der Waals surface area contributed by atoms with Crippen LogP contribution < -0.4 is 29.6 Å². The number of rotatable bonds is 2. The maximum Gasteiger partial charge on any atom is 1.00 e. The van der Waals surface area contributed by atoms with Crippen LogP contribution in [0.15, 0.2) is 11.5 Å². The predicted molar refractivity (Wildman–Crippen MR) is 45.6 cm³/mol. The first-order chi connectivity index (χ1) is 7.31. The Kier molecular flexibility index (Phi) is 8.70. The van der Waals surface area contributed by atoms with Crippen LogP contribution in [-0.2, 0) is 9.53 Å². The van der Waals surface area contributed by atoms with Crippen molar-refractivity contribution in [2.45, 2.75) is 12.2 Å². The number of ether oxygens (including phenoxy) is 1. The Morgan fingerprint density at radius 2 is 1.82 bits per heavy atom. The molecule has 0 aromatic rings. The molecule has 92 valence electrons. The summed E-state index contributed by atoms with van der Waals surface area (Å²) >= 11 is 0. The van der Waals surface area contributed by atoms with Crippen LogP contribution in [0.5, 0.6) is 0 Å². The van der Waals surface area contributed by atoms with E-state index in [9.17, 15) is 4.79 Å². The average Bonchev–Trinajstić information content (AvgIpc) is 2.44. The molecule has 0 aromatic carbocycles. The monoisotopic (exact) mass is 261 g/mol. The first kappa shape index (κ1) is 18.3. The molecule has 0 fully saturated rings. The smallest absolute Gasteiger partial charge is 0.505 e. The van der Waals surface area contributed by atoms with Crippen LogP contribution in [0.2, 0.25) is 0 Å². The molecule has 1 aliphatic heterocycles. The molecule has 0 aromatic heterocycles. The van der Waals surface area contributed by atoms with Gasteiger partial charge in [0.15, 0.2) is 11.9 Å². The summed E-state index contributed by atoms with van der Waals surface area (Å²) in [6.45, 7) is -0.671. The number of esters is 1. The maximum atomic E-state index is 10.5. The van der Waals surface area contributed by atoms with Gasteiger partial charge in [-0.15, -0.1) is 0 Å². The maximum absolute atomic E-state index is 10.5. The van der Waals surface area contributed by atoms with E-state index < -0.39 is 41.4 Å². The standard InChI is InChI=1S/C6H8O6.NO3.Na/c7-1-2(8)5-3(9)4(10)6(11)12-5;2-1(3)4;/h2,5,7-10H,1H2;;/q;-1;+1/t2-,5+;;/m0../s1. The van der Waals surface area contributed by atoms with E-state index in [2.05, 4.69) is 4.74 Å². The normalized spacial score (nSPS) is 19.6. The van der Waals surface area contributed by atoms with Crippen molar-refractivity contribution in [2.75, 3.05) is 6.61 Å². The average molecular weight is 261 g/mol. The number of nitrogens with zero attached hydrogens (tertiary/aromatic N) is 1. The topological polar surface area (TPSA) is 173 Å². The molecule has 1 aliphatic rings. The largest absolute Gasteiger partial charge is 1.00 e. The van der Waals surface area contributed by atoms with Crippen LogP contribution in [0, 0.1) is 15.3 Å². The third-order valence-electron chi connectivity index (χ3n) is 1.48. The van der Waals surface area contributed by atoms with Crippen molar-refractivity contribution in [3.05, 3.63) is 26.8 Å². The van der Waals surface area contributed by atoms with Crippen LogP contribution >= 0.6 is 0 Å². The molecule has 0 amide bonds. The minimum atomic E-state index is -1.75. The molecule has 0 saturated heterocycles. The Hall–Kier alpha value is -1.07. The van der Waals surface area contributed by atoms with E-state index >= 15 is 0 Å². The Balaban J connectivity index is 0. The van der Waals surface area contributed by atoms with E-state index in [0.29, 0.717) is 0 Å². The molecule has 10 nitrogen and oxygen atoms in total. The molecule has 1 rings (SSSR count). The fourth-order valence-electron chi connectivity index (χ4n) is 0.823. The van der Waals surface area contributed by atoms with Gasteiger partial charge in [0.1, 0.15) is 6.10 Å². The van der Waals surface area contributed by atoms with E-state index in [1.54, 1.807) is 0 Å². The third kappa shape index (κ3) is 5.70. The van der Waals surface area contributed by atoms with Crippen molar-refractivity contribution in [3.63, 3.8) is 0 Å². The summed E-state index contributed by atoms with van der Waals surface area (Å²) in [5.41, 5.74) is 0. The van der Waals surface area contributed by atoms with Gasteiger partial charge in [-0.05, 0) is 0 Å². The molecule has 0 bridgehead atoms. The first-order valence-corrected chi connectivity index (χ1v) is 3.74. The van der Waals surface area contributed by atoms with Crippen LogP contribution in [0.4, 0.5) is 0 Å². The Bertz CT molecular complexity index is 313. The van der Waals surface area contributed by atoms with Crippen molar-refractivity contribution in [3.8, 4) is 0 Å². The van der Waals surface area contributed by atoms with Crippen LogP contribution in [0.3, 0.4) is 0 Å². The van der Waals surface area contributed by atoms with Crippen molar-refractivity contribution >= 4 is 5.97 Å². The predicted octanol–water partition coefficient (Wildman–Crippen LogP) is -4.64. The zero-order valence-electron chi connectivity index (χ0n) is 8.64. The number of aliphatic hydroxyl groups is 4. The zero-order chi connectivity index (χ0) is 12.9. The number of aliphatic hydroxyl groups excluding tert-OH is 4. The van der Waals surface area contributed by atoms with E-state index in [0.717, 1.165) is 0 Å². The van der Waals surface area contributed by atoms with Crippen molar-refractivity contribution in [1.29, 1.82) is 0 Å². The van der Waals surface area contributed by atoms with Gasteiger partial charge in [0.2, 0.25) is 5.76 Å². The summed E-state index contributed by atoms with van der Waals surface area (Å²) in [7, 11) is 0. The summed E-state index contributed by atoms with van der Waals surface area (Å²) in [4.78, 5) is 18.8. The Morgan fingerprint density at radius 1 is 1.41 bits per heavy atom. The summed E-state index contributed by atoms with van der Waals surface area (Å²) in [5, 5.41) is 49.8. The second kappa shape index (κ2) is 8.08. The van der Waals surface area contributed by atoms with Crippen molar-refractivity contribution in [2.24, 2.45) is 0 Å². The van der Waals surface area contributed by atoms with Crippen LogP contribution in [0.25, 0.3) is 0 Å². The molecular weight excluding hydrogens is 253 g/mol. The minimum absolute atomic E-state index is 0. The summed E-state index contributed by atoms with van der Waals surface area (Å²) in [6.07, 6.45) is -2.78. The molecular formula is C6H8NNaO9. The molecule has 17 heavy (non-hydrogen) atoms. The molecule has 2 atom stereocenters. The van der Waals surface area contributed by atoms with Gasteiger partial charge in [-0.1, -0.05) is 0 Å². The van der Waals surface area contributed by atoms with E-state index in [1.165, 1.54) is 0 Å². The summed E-state index contributed by atoms with van der Waals surface area (Å²) in [6, 6.07) is 0. The van der Waals surface area contributed by atoms with E-state index in [-0.39, 0.29) is 29.6 Å². The van der Waals surface area contributed by atoms with Crippen LogP contribution in [0.1, 0.15) is 0 Å². The van der Waals surface area contributed by atoms with E-state index in [4.69, 9.17) is 35.7 Å². The SMILES string of the molecule is O=C1O[C@H]([C@@H](O)CO)C(O)=C1O.O=[N+]([O-])[O-].[Na+]. The van der Waals surface area contributed by atoms with Gasteiger partial charge < -0.3 is 40.5 Å². The summed E-state index contributed by atoms with van der Waals surface area (Å²) in [5.74, 6) is -2.78. The Labute approximate surface area is 116 Å². The van der Waals surface area contributed by atoms with Gasteiger partial charge in [-0.25, -0.2) is 4.79 Å². The molecule has 0 saturated carbocycles. The van der Waals surface area contributed by atoms with Gasteiger partial charge in [-0.2, -0.15) is 0 Å². The minimum Gasteiger partial charge on any atom is -0.505 e. The number of hydrogen-bond acceptors (Lipinski definition) is 9. The molecule has 0 unspecified atom stereocenters. The fraction of sp³-hybridized carbons (Fsp3) is 0.500. The van der Waals surface area contributed by atoms with Gasteiger partial charge in [-0.3, -0.25) is 0 Å². The number of cyclic esters (lactones) is 1. The Morgan fingerprint density at radius 3 is 2.06 bits per heavy atom. The van der Waals surface area contributed by atoms with Crippen LogP contribution in [-0.4, -0.2) is 50.3 Å². The third-order valence-corrected chi connectivity index (χ3v) is 1.48. The molecule has 0 aliphatic carbocycles. The van der Waals surface area contributed by atoms with Crippen molar-refractivity contribution in [1.82, 2.24) is 0 Å². The zero-order valence-corrected chi connectivity index (χ0v) is 10.6. The van der Waals surface area contributed by atoms with Gasteiger partial charge in [0.25, 0.3) is 0 Å². The molecule has 11 heteroatoms. The molecule has 4 N–H and O–H groups in total. The van der Waals surface area contributed by atoms with Gasteiger partial charge >= 0.3 is 35.5 Å². The molecule has 1 heterocycles. The molecule has 0 spiro atoms. The fourth-order valence-corrected chi connectivity index (χ4v) is 0.823. The molecule has 0 radical (unpaired) electrons. The number of carbonyl (C=O) groups is 1. The summed E-state index contributed by atoms with van der Waals surface area (Å²) < 4.78 is 4.32. The van der Waals surface area contributed by atoms with E-state index in [1.807, 2.05) is 0 Å². The van der Waals surface area contributed by atoms with Gasteiger partial charge in [0, 0.05) is 0 Å². The first-order valence-electron chi connectivity index (χ1n) is 3.74. The second-order valence-electron chi connectivity index (χ2n) is 2.53.